The fraction of sp³-hybridized carbons (Fsp3) is 0.0714. The number of non-ortho nitro benzene ring substituents is 1. The van der Waals surface area contributed by atoms with Gasteiger partial charge in [-0.2, -0.15) is 0 Å². The Labute approximate surface area is 130 Å². The van der Waals surface area contributed by atoms with E-state index in [1.807, 2.05) is 0 Å². The van der Waals surface area contributed by atoms with Crippen LogP contribution in [0.4, 0.5) is 5.69 Å². The van der Waals surface area contributed by atoms with Crippen LogP contribution < -0.4 is 0 Å². The first-order chi connectivity index (χ1) is 10.6. The maximum atomic E-state index is 12.1. The summed E-state index contributed by atoms with van der Waals surface area (Å²) >= 11 is 1.22. The molecule has 0 bridgehead atoms. The van der Waals surface area contributed by atoms with E-state index in [9.17, 15) is 14.9 Å². The molecule has 0 aliphatic carbocycles. The van der Waals surface area contributed by atoms with Crippen molar-refractivity contribution >= 4 is 29.4 Å². The molecule has 7 nitrogen and oxygen atoms in total. The molecule has 0 spiro atoms. The van der Waals surface area contributed by atoms with Gasteiger partial charge in [-0.1, -0.05) is 29.8 Å². The Hall–Kier alpha value is -2.92. The van der Waals surface area contributed by atoms with Gasteiger partial charge in [0.25, 0.3) is 11.6 Å². The number of benzene rings is 1. The number of aromatic nitrogens is 3. The van der Waals surface area contributed by atoms with Crippen LogP contribution in [0.5, 0.6) is 0 Å². The number of rotatable bonds is 5. The zero-order chi connectivity index (χ0) is 15.9. The second-order valence-electron chi connectivity index (χ2n) is 4.00. The van der Waals surface area contributed by atoms with E-state index >= 15 is 0 Å². The van der Waals surface area contributed by atoms with Crippen molar-refractivity contribution in [1.82, 2.24) is 14.8 Å². The molecule has 0 saturated heterocycles. The first kappa shape index (κ1) is 15.5. The van der Waals surface area contributed by atoms with Gasteiger partial charge in [-0.15, -0.1) is 16.6 Å². The van der Waals surface area contributed by atoms with Gasteiger partial charge in [0.15, 0.2) is 5.16 Å². The van der Waals surface area contributed by atoms with E-state index in [1.165, 1.54) is 46.9 Å². The number of thioether (sulfide) groups is 1. The third-order valence-electron chi connectivity index (χ3n) is 2.54. The Balaban J connectivity index is 2.15. The number of carbonyl (C=O) groups excluding carboxylic acids is 1. The number of terminal acetylenes is 1. The maximum absolute atomic E-state index is 12.1. The Kier molecular flexibility index (Phi) is 5.06. The third-order valence-corrected chi connectivity index (χ3v) is 3.39. The van der Waals surface area contributed by atoms with Gasteiger partial charge in [0.2, 0.25) is 0 Å². The zero-order valence-corrected chi connectivity index (χ0v) is 12.1. The fourth-order valence-corrected chi connectivity index (χ4v) is 2.16. The molecule has 0 N–H and O–H groups in total. The Morgan fingerprint density at radius 2 is 2.36 bits per heavy atom. The predicted octanol–water partition coefficient (Wildman–Crippen LogP) is 2.27. The van der Waals surface area contributed by atoms with Crippen LogP contribution in [0.15, 0.2) is 41.8 Å². The minimum atomic E-state index is -0.493. The van der Waals surface area contributed by atoms with Gasteiger partial charge in [0.1, 0.15) is 6.33 Å². The van der Waals surface area contributed by atoms with Gasteiger partial charge in [-0.05, 0) is 11.6 Å². The summed E-state index contributed by atoms with van der Waals surface area (Å²) in [6.45, 7) is 0. The highest BCUT2D eigenvalue weighted by molar-refractivity contribution is 7.99. The number of allylic oxidation sites excluding steroid dienone is 1. The molecule has 0 aliphatic heterocycles. The van der Waals surface area contributed by atoms with Crippen LogP contribution in [-0.4, -0.2) is 31.3 Å². The molecule has 1 heterocycles. The minimum absolute atomic E-state index is 0.0378. The zero-order valence-electron chi connectivity index (χ0n) is 11.2. The maximum Gasteiger partial charge on any atom is 0.270 e. The lowest BCUT2D eigenvalue weighted by Gasteiger charge is -1.99. The number of nitrogens with zero attached hydrogens (tertiary/aromatic N) is 4. The summed E-state index contributed by atoms with van der Waals surface area (Å²) < 4.78 is 1.26. The average molecular weight is 314 g/mol. The van der Waals surface area contributed by atoms with Crippen LogP contribution in [0.2, 0.25) is 0 Å². The first-order valence-corrected chi connectivity index (χ1v) is 7.03. The van der Waals surface area contributed by atoms with Gasteiger partial charge in [-0.25, -0.2) is 4.57 Å². The summed E-state index contributed by atoms with van der Waals surface area (Å²) in [6.07, 6.45) is 9.24. The van der Waals surface area contributed by atoms with E-state index in [0.29, 0.717) is 16.5 Å². The lowest BCUT2D eigenvalue weighted by molar-refractivity contribution is -0.384. The molecule has 0 unspecified atom stereocenters. The van der Waals surface area contributed by atoms with E-state index < -0.39 is 4.92 Å². The van der Waals surface area contributed by atoms with Gasteiger partial charge < -0.3 is 0 Å². The monoisotopic (exact) mass is 314 g/mol. The van der Waals surface area contributed by atoms with E-state index in [4.69, 9.17) is 6.42 Å². The molecule has 0 amide bonds. The van der Waals surface area contributed by atoms with Crippen molar-refractivity contribution in [2.75, 3.05) is 5.75 Å². The summed E-state index contributed by atoms with van der Waals surface area (Å²) in [5, 5.41) is 18.6. The molecule has 0 atom stereocenters. The van der Waals surface area contributed by atoms with Gasteiger partial charge in [0.05, 0.1) is 10.7 Å². The lowest BCUT2D eigenvalue weighted by atomic mass is 10.2. The molecule has 1 aromatic heterocycles. The summed E-state index contributed by atoms with van der Waals surface area (Å²) in [6, 6.07) is 5.98. The molecule has 0 saturated carbocycles. The highest BCUT2D eigenvalue weighted by atomic mass is 32.2. The van der Waals surface area contributed by atoms with Gasteiger partial charge in [-0.3, -0.25) is 14.9 Å². The Morgan fingerprint density at radius 1 is 1.55 bits per heavy atom. The van der Waals surface area contributed by atoms with Crippen molar-refractivity contribution in [3.63, 3.8) is 0 Å². The van der Waals surface area contributed by atoms with E-state index in [1.54, 1.807) is 12.1 Å². The van der Waals surface area contributed by atoms with Crippen molar-refractivity contribution in [3.8, 4) is 12.3 Å². The van der Waals surface area contributed by atoms with Crippen LogP contribution in [0.3, 0.4) is 0 Å². The van der Waals surface area contributed by atoms with Gasteiger partial charge >= 0.3 is 0 Å². The van der Waals surface area contributed by atoms with Crippen LogP contribution in [0, 0.1) is 22.5 Å². The second-order valence-corrected chi connectivity index (χ2v) is 4.94. The van der Waals surface area contributed by atoms with Crippen molar-refractivity contribution in [1.29, 1.82) is 0 Å². The van der Waals surface area contributed by atoms with Crippen LogP contribution in [0.25, 0.3) is 6.08 Å². The predicted molar refractivity (Wildman–Crippen MR) is 82.3 cm³/mol. The van der Waals surface area contributed by atoms with E-state index in [-0.39, 0.29) is 11.6 Å². The summed E-state index contributed by atoms with van der Waals surface area (Å²) in [7, 11) is 0. The number of nitro groups is 1. The molecule has 0 radical (unpaired) electrons. The molecule has 2 rings (SSSR count). The van der Waals surface area contributed by atoms with Crippen LogP contribution in [0.1, 0.15) is 10.4 Å². The standard InChI is InChI=1S/C14H10N4O3S/c1-2-8-22-14-16-15-10-17(14)13(19)7-6-11-4-3-5-12(9-11)18(20)21/h1,3-7,9-10H,8H2/b7-6+. The average Bonchev–Trinajstić information content (AvgIpc) is 2.99. The fourth-order valence-electron chi connectivity index (χ4n) is 1.57. The normalized spacial score (nSPS) is 10.5. The highest BCUT2D eigenvalue weighted by Crippen LogP contribution is 2.16. The summed E-state index contributed by atoms with van der Waals surface area (Å²) in [5.74, 6) is 2.45. The van der Waals surface area contributed by atoms with Gasteiger partial charge in [0, 0.05) is 18.2 Å². The van der Waals surface area contributed by atoms with E-state index in [2.05, 4.69) is 16.1 Å². The highest BCUT2D eigenvalue weighted by Gasteiger charge is 2.09. The van der Waals surface area contributed by atoms with Crippen molar-refractivity contribution in [3.05, 3.63) is 52.3 Å². The molecule has 110 valence electrons. The summed E-state index contributed by atoms with van der Waals surface area (Å²) in [5.41, 5.74) is 0.512. The van der Waals surface area contributed by atoms with Crippen LogP contribution >= 0.6 is 11.8 Å². The molecule has 0 aliphatic rings. The number of carbonyl (C=O) groups is 1. The van der Waals surface area contributed by atoms with Crippen molar-refractivity contribution in [2.24, 2.45) is 0 Å². The molecular weight excluding hydrogens is 304 g/mol. The second kappa shape index (κ2) is 7.19. The van der Waals surface area contributed by atoms with Crippen LogP contribution in [-0.2, 0) is 0 Å². The first-order valence-electron chi connectivity index (χ1n) is 6.05. The smallest absolute Gasteiger partial charge is 0.269 e. The molecule has 1 aromatic carbocycles. The van der Waals surface area contributed by atoms with Crippen molar-refractivity contribution in [2.45, 2.75) is 5.16 Å². The number of nitro benzene ring substituents is 1. The van der Waals surface area contributed by atoms with E-state index in [0.717, 1.165) is 0 Å². The molecule has 0 fully saturated rings. The number of hydrogen-bond acceptors (Lipinski definition) is 6. The largest absolute Gasteiger partial charge is 0.270 e. The molecule has 22 heavy (non-hydrogen) atoms. The Bertz CT molecular complexity index is 776. The molecule has 8 heteroatoms. The molecular formula is C14H10N4O3S. The SMILES string of the molecule is C#CCSc1nncn1C(=O)/C=C/c1cccc([N+](=O)[O-])c1. The third kappa shape index (κ3) is 3.80. The lowest BCUT2D eigenvalue weighted by Crippen LogP contribution is -2.07. The molecule has 2 aromatic rings. The minimum Gasteiger partial charge on any atom is -0.269 e. The topological polar surface area (TPSA) is 90.9 Å². The Morgan fingerprint density at radius 3 is 3.09 bits per heavy atom. The van der Waals surface area contributed by atoms with Crippen molar-refractivity contribution < 1.29 is 9.72 Å². The summed E-state index contributed by atoms with van der Waals surface area (Å²) in [4.78, 5) is 22.3. The quantitative estimate of drug-likeness (QED) is 0.276. The number of hydrogen-bond donors (Lipinski definition) is 0.